The molecule has 0 aromatic carbocycles. The molecule has 0 saturated carbocycles. The molecule has 0 saturated heterocycles. The molecule has 0 aliphatic rings. The first-order chi connectivity index (χ1) is 5.28. The van der Waals surface area contributed by atoms with E-state index in [4.69, 9.17) is 0 Å². The Morgan fingerprint density at radius 3 is 2.25 bits per heavy atom. The van der Waals surface area contributed by atoms with E-state index in [0.717, 1.165) is 13.8 Å². The number of ketones is 1. The second-order valence-corrected chi connectivity index (χ2v) is 3.36. The number of ether oxygens (including phenoxy) is 1. The molecule has 12 heavy (non-hydrogen) atoms. The number of Topliss-reactive ketones (excluding diaryl/α,β-unsaturated/α-hetero) is 1. The zero-order valence-electron chi connectivity index (χ0n) is 7.20. The molecule has 0 aromatic rings. The lowest BCUT2D eigenvalue weighted by Crippen LogP contribution is -2.44. The van der Waals surface area contributed by atoms with Crippen LogP contribution in [-0.4, -0.2) is 27.9 Å². The highest BCUT2D eigenvalue weighted by Crippen LogP contribution is 2.10. The van der Waals surface area contributed by atoms with Gasteiger partial charge >= 0.3 is 5.97 Å². The molecule has 0 heterocycles. The molecule has 0 radical (unpaired) electrons. The standard InChI is InChI=1S/C7H12O4S/c1-4(8)7(3,10)6(9)11-5(2)12/h5,10,12H,1-3H3. The van der Waals surface area contributed by atoms with Crippen LogP contribution in [0.15, 0.2) is 0 Å². The smallest absolute Gasteiger partial charge is 0.346 e. The summed E-state index contributed by atoms with van der Waals surface area (Å²) in [5.74, 6) is -1.63. The van der Waals surface area contributed by atoms with Gasteiger partial charge in [0.25, 0.3) is 0 Å². The number of esters is 1. The van der Waals surface area contributed by atoms with Crippen LogP contribution >= 0.6 is 12.6 Å². The summed E-state index contributed by atoms with van der Waals surface area (Å²) < 4.78 is 4.53. The van der Waals surface area contributed by atoms with E-state index in [1.165, 1.54) is 6.92 Å². The van der Waals surface area contributed by atoms with E-state index in [9.17, 15) is 14.7 Å². The van der Waals surface area contributed by atoms with E-state index in [2.05, 4.69) is 17.4 Å². The summed E-state index contributed by atoms with van der Waals surface area (Å²) in [6.45, 7) is 3.72. The fourth-order valence-corrected chi connectivity index (χ4v) is 0.509. The van der Waals surface area contributed by atoms with Gasteiger partial charge in [-0.25, -0.2) is 4.79 Å². The van der Waals surface area contributed by atoms with E-state index < -0.39 is 22.8 Å². The third-order valence-electron chi connectivity index (χ3n) is 1.36. The van der Waals surface area contributed by atoms with Crippen LogP contribution in [0.3, 0.4) is 0 Å². The van der Waals surface area contributed by atoms with Gasteiger partial charge in [0.15, 0.2) is 5.78 Å². The summed E-state index contributed by atoms with van der Waals surface area (Å²) in [6.07, 6.45) is 0. The second kappa shape index (κ2) is 3.91. The Bertz CT molecular complexity index is 198. The maximum absolute atomic E-state index is 11.0. The molecule has 0 aliphatic heterocycles. The third kappa shape index (κ3) is 2.83. The largest absolute Gasteiger partial charge is 0.449 e. The second-order valence-electron chi connectivity index (χ2n) is 2.63. The van der Waals surface area contributed by atoms with Gasteiger partial charge in [-0.2, -0.15) is 0 Å². The highest BCUT2D eigenvalue weighted by molar-refractivity contribution is 7.80. The molecule has 70 valence electrons. The maximum Gasteiger partial charge on any atom is 0.346 e. The molecule has 5 heteroatoms. The zero-order chi connectivity index (χ0) is 9.94. The highest BCUT2D eigenvalue weighted by Gasteiger charge is 2.37. The van der Waals surface area contributed by atoms with Crippen molar-refractivity contribution < 1.29 is 19.4 Å². The monoisotopic (exact) mass is 192 g/mol. The van der Waals surface area contributed by atoms with Gasteiger partial charge in [-0.05, 0) is 20.8 Å². The zero-order valence-corrected chi connectivity index (χ0v) is 8.09. The molecule has 0 spiro atoms. The summed E-state index contributed by atoms with van der Waals surface area (Å²) in [4.78, 5) is 21.7. The molecule has 2 unspecified atom stereocenters. The van der Waals surface area contributed by atoms with Crippen LogP contribution in [-0.2, 0) is 14.3 Å². The van der Waals surface area contributed by atoms with Crippen molar-refractivity contribution in [3.63, 3.8) is 0 Å². The van der Waals surface area contributed by atoms with Crippen molar-refractivity contribution in [1.29, 1.82) is 0 Å². The van der Waals surface area contributed by atoms with Crippen LogP contribution < -0.4 is 0 Å². The van der Waals surface area contributed by atoms with Crippen molar-refractivity contribution in [2.24, 2.45) is 0 Å². The minimum absolute atomic E-state index is 0.636. The van der Waals surface area contributed by atoms with Crippen LogP contribution in [0.1, 0.15) is 20.8 Å². The molecule has 4 nitrogen and oxygen atoms in total. The van der Waals surface area contributed by atoms with Gasteiger partial charge in [0.1, 0.15) is 5.44 Å². The first kappa shape index (κ1) is 11.4. The summed E-state index contributed by atoms with van der Waals surface area (Å²) >= 11 is 3.77. The Labute approximate surface area is 76.3 Å². The molecule has 2 atom stereocenters. The number of carbonyl (C=O) groups is 2. The van der Waals surface area contributed by atoms with Gasteiger partial charge in [0.05, 0.1) is 0 Å². The van der Waals surface area contributed by atoms with E-state index in [1.54, 1.807) is 0 Å². The Morgan fingerprint density at radius 1 is 1.58 bits per heavy atom. The predicted octanol–water partition coefficient (Wildman–Crippen LogP) is 0.145. The molecule has 0 fully saturated rings. The Hall–Kier alpha value is -0.550. The quantitative estimate of drug-likeness (QED) is 0.289. The number of rotatable bonds is 3. The SMILES string of the molecule is CC(=O)C(C)(O)C(=O)OC(C)S. The molecule has 0 rings (SSSR count). The summed E-state index contributed by atoms with van der Waals surface area (Å²) in [7, 11) is 0. The molecular weight excluding hydrogens is 180 g/mol. The molecule has 1 N–H and O–H groups in total. The molecule has 0 amide bonds. The molecular formula is C7H12O4S. The van der Waals surface area contributed by atoms with Crippen LogP contribution in [0.4, 0.5) is 0 Å². The van der Waals surface area contributed by atoms with E-state index in [1.807, 2.05) is 0 Å². The van der Waals surface area contributed by atoms with Gasteiger partial charge in [-0.15, -0.1) is 12.6 Å². The normalized spacial score (nSPS) is 17.8. The molecule has 0 bridgehead atoms. The van der Waals surface area contributed by atoms with Crippen LogP contribution in [0.2, 0.25) is 0 Å². The van der Waals surface area contributed by atoms with Gasteiger partial charge in [-0.3, -0.25) is 4.79 Å². The van der Waals surface area contributed by atoms with Gasteiger partial charge in [-0.1, -0.05) is 0 Å². The van der Waals surface area contributed by atoms with Crippen molar-refractivity contribution in [2.45, 2.75) is 31.8 Å². The number of aliphatic hydroxyl groups is 1. The van der Waals surface area contributed by atoms with Crippen LogP contribution in [0.25, 0.3) is 0 Å². The average Bonchev–Trinajstić information content (AvgIpc) is 1.85. The van der Waals surface area contributed by atoms with Crippen molar-refractivity contribution >= 4 is 24.4 Å². The highest BCUT2D eigenvalue weighted by atomic mass is 32.1. The topological polar surface area (TPSA) is 63.6 Å². The fraction of sp³-hybridized carbons (Fsp3) is 0.714. The van der Waals surface area contributed by atoms with Crippen molar-refractivity contribution in [2.75, 3.05) is 0 Å². The summed E-state index contributed by atoms with van der Waals surface area (Å²) in [6, 6.07) is 0. The fourth-order valence-electron chi connectivity index (χ4n) is 0.413. The maximum atomic E-state index is 11.0. The molecule has 0 aliphatic carbocycles. The minimum Gasteiger partial charge on any atom is -0.449 e. The van der Waals surface area contributed by atoms with Crippen molar-refractivity contribution in [1.82, 2.24) is 0 Å². The first-order valence-corrected chi connectivity index (χ1v) is 3.92. The van der Waals surface area contributed by atoms with Crippen molar-refractivity contribution in [3.05, 3.63) is 0 Å². The lowest BCUT2D eigenvalue weighted by atomic mass is 10.0. The van der Waals surface area contributed by atoms with Crippen molar-refractivity contribution in [3.8, 4) is 0 Å². The van der Waals surface area contributed by atoms with Gasteiger partial charge in [0, 0.05) is 0 Å². The third-order valence-corrected chi connectivity index (χ3v) is 1.47. The molecule has 0 aromatic heterocycles. The van der Waals surface area contributed by atoms with Crippen LogP contribution in [0.5, 0.6) is 0 Å². The summed E-state index contributed by atoms with van der Waals surface area (Å²) in [5.41, 5.74) is -2.69. The van der Waals surface area contributed by atoms with Gasteiger partial charge < -0.3 is 9.84 Å². The number of hydrogen-bond acceptors (Lipinski definition) is 5. The lowest BCUT2D eigenvalue weighted by Gasteiger charge is -2.18. The number of hydrogen-bond donors (Lipinski definition) is 2. The number of thiol groups is 1. The Kier molecular flexibility index (Phi) is 3.73. The predicted molar refractivity (Wildman–Crippen MR) is 45.8 cm³/mol. The minimum atomic E-state index is -2.06. The Balaban J connectivity index is 4.36. The Morgan fingerprint density at radius 2 is 2.00 bits per heavy atom. The van der Waals surface area contributed by atoms with Gasteiger partial charge in [0.2, 0.25) is 5.60 Å². The number of carbonyl (C=O) groups excluding carboxylic acids is 2. The van der Waals surface area contributed by atoms with E-state index >= 15 is 0 Å². The average molecular weight is 192 g/mol. The van der Waals surface area contributed by atoms with E-state index in [-0.39, 0.29) is 0 Å². The lowest BCUT2D eigenvalue weighted by molar-refractivity contribution is -0.168. The van der Waals surface area contributed by atoms with Crippen LogP contribution in [0, 0.1) is 0 Å². The van der Waals surface area contributed by atoms with E-state index in [0.29, 0.717) is 0 Å². The summed E-state index contributed by atoms with van der Waals surface area (Å²) in [5, 5.41) is 9.25. The first-order valence-electron chi connectivity index (χ1n) is 3.41.